The van der Waals surface area contributed by atoms with Crippen LogP contribution in [0.25, 0.3) is 0 Å². The van der Waals surface area contributed by atoms with E-state index in [1.807, 2.05) is 10.9 Å². The molecule has 0 amide bonds. The Kier molecular flexibility index (Phi) is 5.19. The predicted molar refractivity (Wildman–Crippen MR) is 60.2 cm³/mol. The summed E-state index contributed by atoms with van der Waals surface area (Å²) in [4.78, 5) is 0. The van der Waals surface area contributed by atoms with Crippen LogP contribution in [0.5, 0.6) is 0 Å². The van der Waals surface area contributed by atoms with Crippen LogP contribution in [-0.2, 0) is 17.9 Å². The monoisotopic (exact) mass is 260 g/mol. The zero-order valence-electron chi connectivity index (χ0n) is 8.79. The van der Waals surface area contributed by atoms with Crippen molar-refractivity contribution in [2.75, 3.05) is 6.61 Å². The largest absolute Gasteiger partial charge is 0.375 e. The average molecular weight is 261 g/mol. The molecular formula is C10H17BrN2O. The Morgan fingerprint density at radius 3 is 2.86 bits per heavy atom. The maximum absolute atomic E-state index is 5.50. The molecule has 0 N–H and O–H groups in total. The van der Waals surface area contributed by atoms with Gasteiger partial charge in [-0.3, -0.25) is 4.68 Å². The molecule has 4 heteroatoms. The van der Waals surface area contributed by atoms with Crippen LogP contribution >= 0.6 is 15.9 Å². The predicted octanol–water partition coefficient (Wildman–Crippen LogP) is 2.98. The first-order valence-electron chi connectivity index (χ1n) is 5.07. The van der Waals surface area contributed by atoms with Crippen molar-refractivity contribution >= 4 is 15.9 Å². The molecule has 0 aliphatic heterocycles. The SMILES string of the molecule is CCCOCc1c(Br)cnn1CCC. The Hall–Kier alpha value is -0.350. The fourth-order valence-corrected chi connectivity index (χ4v) is 1.66. The summed E-state index contributed by atoms with van der Waals surface area (Å²) in [7, 11) is 0. The molecule has 1 heterocycles. The van der Waals surface area contributed by atoms with Crippen LogP contribution in [0.4, 0.5) is 0 Å². The topological polar surface area (TPSA) is 27.1 Å². The molecule has 0 atom stereocenters. The van der Waals surface area contributed by atoms with Crippen molar-refractivity contribution in [2.24, 2.45) is 0 Å². The highest BCUT2D eigenvalue weighted by Crippen LogP contribution is 2.17. The van der Waals surface area contributed by atoms with Crippen molar-refractivity contribution in [3.8, 4) is 0 Å². The molecule has 0 saturated carbocycles. The zero-order valence-corrected chi connectivity index (χ0v) is 10.4. The van der Waals surface area contributed by atoms with E-state index in [-0.39, 0.29) is 0 Å². The minimum absolute atomic E-state index is 0.647. The van der Waals surface area contributed by atoms with E-state index in [1.54, 1.807) is 0 Å². The van der Waals surface area contributed by atoms with Crippen LogP contribution in [0.15, 0.2) is 10.7 Å². The molecule has 0 bridgehead atoms. The molecule has 0 aliphatic rings. The third-order valence-corrected chi connectivity index (χ3v) is 2.58. The third kappa shape index (κ3) is 3.10. The van der Waals surface area contributed by atoms with Crippen LogP contribution in [0.1, 0.15) is 32.4 Å². The highest BCUT2D eigenvalue weighted by atomic mass is 79.9. The molecule has 1 aromatic rings. The van der Waals surface area contributed by atoms with Gasteiger partial charge >= 0.3 is 0 Å². The summed E-state index contributed by atoms with van der Waals surface area (Å²) in [6, 6.07) is 0. The van der Waals surface area contributed by atoms with Crippen LogP contribution in [0.2, 0.25) is 0 Å². The smallest absolute Gasteiger partial charge is 0.0896 e. The van der Waals surface area contributed by atoms with Crippen molar-refractivity contribution in [3.05, 3.63) is 16.4 Å². The van der Waals surface area contributed by atoms with Gasteiger partial charge in [-0.15, -0.1) is 0 Å². The van der Waals surface area contributed by atoms with Crippen molar-refractivity contribution in [3.63, 3.8) is 0 Å². The lowest BCUT2D eigenvalue weighted by atomic mass is 10.4. The van der Waals surface area contributed by atoms with Crippen molar-refractivity contribution < 1.29 is 4.74 Å². The van der Waals surface area contributed by atoms with E-state index < -0.39 is 0 Å². The first kappa shape index (κ1) is 11.7. The normalized spacial score (nSPS) is 10.8. The van der Waals surface area contributed by atoms with Crippen LogP contribution in [0, 0.1) is 0 Å². The number of aromatic nitrogens is 2. The molecule has 0 aromatic carbocycles. The first-order valence-corrected chi connectivity index (χ1v) is 5.86. The molecule has 14 heavy (non-hydrogen) atoms. The summed E-state index contributed by atoms with van der Waals surface area (Å²) in [5, 5.41) is 4.27. The van der Waals surface area contributed by atoms with Crippen molar-refractivity contribution in [1.82, 2.24) is 9.78 Å². The van der Waals surface area contributed by atoms with E-state index in [0.29, 0.717) is 6.61 Å². The number of rotatable bonds is 6. The van der Waals surface area contributed by atoms with Gasteiger partial charge in [-0.25, -0.2) is 0 Å². The fraction of sp³-hybridized carbons (Fsp3) is 0.700. The second-order valence-electron chi connectivity index (χ2n) is 3.21. The summed E-state index contributed by atoms with van der Waals surface area (Å²) in [5.74, 6) is 0. The second kappa shape index (κ2) is 6.19. The molecule has 0 aliphatic carbocycles. The summed E-state index contributed by atoms with van der Waals surface area (Å²) < 4.78 is 8.55. The van der Waals surface area contributed by atoms with Gasteiger partial charge in [0.1, 0.15) is 0 Å². The number of halogens is 1. The molecule has 1 rings (SSSR count). The lowest BCUT2D eigenvalue weighted by Crippen LogP contribution is -2.06. The van der Waals surface area contributed by atoms with Gasteiger partial charge in [-0.1, -0.05) is 13.8 Å². The Morgan fingerprint density at radius 1 is 1.43 bits per heavy atom. The van der Waals surface area contributed by atoms with Crippen molar-refractivity contribution in [2.45, 2.75) is 39.8 Å². The molecule has 0 radical (unpaired) electrons. The quantitative estimate of drug-likeness (QED) is 0.736. The third-order valence-electron chi connectivity index (χ3n) is 1.92. The summed E-state index contributed by atoms with van der Waals surface area (Å²) >= 11 is 3.48. The summed E-state index contributed by atoms with van der Waals surface area (Å²) in [6.45, 7) is 6.67. The highest BCUT2D eigenvalue weighted by Gasteiger charge is 2.07. The average Bonchev–Trinajstić information content (AvgIpc) is 2.50. The van der Waals surface area contributed by atoms with Gasteiger partial charge in [-0.2, -0.15) is 5.10 Å². The van der Waals surface area contributed by atoms with E-state index in [0.717, 1.165) is 36.2 Å². The number of nitrogens with zero attached hydrogens (tertiary/aromatic N) is 2. The number of hydrogen-bond donors (Lipinski definition) is 0. The molecular weight excluding hydrogens is 244 g/mol. The van der Waals surface area contributed by atoms with E-state index in [4.69, 9.17) is 4.74 Å². The lowest BCUT2D eigenvalue weighted by molar-refractivity contribution is 0.115. The van der Waals surface area contributed by atoms with Gasteiger partial charge < -0.3 is 4.74 Å². The van der Waals surface area contributed by atoms with Crippen LogP contribution < -0.4 is 0 Å². The maximum Gasteiger partial charge on any atom is 0.0896 e. The Balaban J connectivity index is 2.57. The maximum atomic E-state index is 5.50. The summed E-state index contributed by atoms with van der Waals surface area (Å²) in [6.07, 6.45) is 3.98. The lowest BCUT2D eigenvalue weighted by Gasteiger charge is -2.07. The zero-order chi connectivity index (χ0) is 10.4. The van der Waals surface area contributed by atoms with E-state index >= 15 is 0 Å². The standard InChI is InChI=1S/C10H17BrN2O/c1-3-5-13-10(8-14-6-4-2)9(11)7-12-13/h7H,3-6,8H2,1-2H3. The molecule has 0 spiro atoms. The minimum atomic E-state index is 0.647. The number of hydrogen-bond acceptors (Lipinski definition) is 2. The fourth-order valence-electron chi connectivity index (χ4n) is 1.25. The summed E-state index contributed by atoms with van der Waals surface area (Å²) in [5.41, 5.74) is 1.14. The van der Waals surface area contributed by atoms with Crippen LogP contribution in [-0.4, -0.2) is 16.4 Å². The van der Waals surface area contributed by atoms with Gasteiger partial charge in [0, 0.05) is 13.2 Å². The highest BCUT2D eigenvalue weighted by molar-refractivity contribution is 9.10. The second-order valence-corrected chi connectivity index (χ2v) is 4.07. The van der Waals surface area contributed by atoms with Crippen LogP contribution in [0.3, 0.4) is 0 Å². The van der Waals surface area contributed by atoms with Crippen molar-refractivity contribution in [1.29, 1.82) is 0 Å². The van der Waals surface area contributed by atoms with Gasteiger partial charge in [0.05, 0.1) is 23.0 Å². The van der Waals surface area contributed by atoms with Gasteiger partial charge in [-0.05, 0) is 28.8 Å². The van der Waals surface area contributed by atoms with Gasteiger partial charge in [0.2, 0.25) is 0 Å². The van der Waals surface area contributed by atoms with Gasteiger partial charge in [0.25, 0.3) is 0 Å². The molecule has 0 fully saturated rings. The molecule has 0 unspecified atom stereocenters. The molecule has 0 saturated heterocycles. The minimum Gasteiger partial charge on any atom is -0.375 e. The van der Waals surface area contributed by atoms with Gasteiger partial charge in [0.15, 0.2) is 0 Å². The Labute approximate surface area is 93.6 Å². The number of aryl methyl sites for hydroxylation is 1. The number of ether oxygens (including phenoxy) is 1. The van der Waals surface area contributed by atoms with E-state index in [9.17, 15) is 0 Å². The molecule has 1 aromatic heterocycles. The van der Waals surface area contributed by atoms with E-state index in [1.165, 1.54) is 0 Å². The van der Waals surface area contributed by atoms with E-state index in [2.05, 4.69) is 34.9 Å². The first-order chi connectivity index (χ1) is 6.79. The Morgan fingerprint density at radius 2 is 2.21 bits per heavy atom. The Bertz CT molecular complexity index is 273. The molecule has 3 nitrogen and oxygen atoms in total. The molecule has 80 valence electrons.